The number of ether oxygens (including phenoxy) is 2. The van der Waals surface area contributed by atoms with Crippen LogP contribution in [0.25, 0.3) is 0 Å². The average Bonchev–Trinajstić information content (AvgIpc) is 2.70. The predicted octanol–water partition coefficient (Wildman–Crippen LogP) is 1.57. The Kier molecular flexibility index (Phi) is 4.27. The minimum atomic E-state index is 0.579. The van der Waals surface area contributed by atoms with E-state index in [2.05, 4.69) is 21.4 Å². The molecule has 2 aliphatic heterocycles. The highest BCUT2D eigenvalue weighted by Gasteiger charge is 2.37. The van der Waals surface area contributed by atoms with Gasteiger partial charge in [0.15, 0.2) is 5.76 Å². The van der Waals surface area contributed by atoms with Crippen LogP contribution in [0.1, 0.15) is 6.92 Å². The molecule has 5 heteroatoms. The molecule has 0 aromatic heterocycles. The molecule has 0 aromatic rings. The second-order valence-electron chi connectivity index (χ2n) is 4.62. The zero-order chi connectivity index (χ0) is 13.8. The number of aliphatic imine (C=N–C) groups is 1. The van der Waals surface area contributed by atoms with Crippen LogP contribution in [0.2, 0.25) is 0 Å². The van der Waals surface area contributed by atoms with E-state index in [9.17, 15) is 0 Å². The fourth-order valence-electron chi connectivity index (χ4n) is 2.14. The smallest absolute Gasteiger partial charge is 0.239 e. The van der Waals surface area contributed by atoms with Gasteiger partial charge >= 0.3 is 0 Å². The van der Waals surface area contributed by atoms with Crippen LogP contribution >= 0.6 is 0 Å². The highest BCUT2D eigenvalue weighted by molar-refractivity contribution is 6.05. The topological polar surface area (TPSA) is 37.3 Å². The monoisotopic (exact) mass is 263 g/mol. The molecule has 0 saturated carbocycles. The van der Waals surface area contributed by atoms with Crippen molar-refractivity contribution in [3.05, 3.63) is 36.1 Å². The lowest BCUT2D eigenvalue weighted by Crippen LogP contribution is -2.34. The quantitative estimate of drug-likeness (QED) is 0.771. The van der Waals surface area contributed by atoms with E-state index >= 15 is 0 Å². The van der Waals surface area contributed by atoms with Gasteiger partial charge in [-0.1, -0.05) is 12.7 Å². The van der Waals surface area contributed by atoms with Gasteiger partial charge in [-0.05, 0) is 21.0 Å². The Balaban J connectivity index is 2.33. The van der Waals surface area contributed by atoms with Crippen LogP contribution in [0.5, 0.6) is 0 Å². The molecule has 0 atom stereocenters. The summed E-state index contributed by atoms with van der Waals surface area (Å²) in [4.78, 5) is 8.57. The van der Waals surface area contributed by atoms with Gasteiger partial charge in [0.25, 0.3) is 0 Å². The third-order valence-corrected chi connectivity index (χ3v) is 3.02. The number of allylic oxidation sites excluding steroid dienone is 1. The lowest BCUT2D eigenvalue weighted by molar-refractivity contribution is 0.0417. The van der Waals surface area contributed by atoms with E-state index in [-0.39, 0.29) is 0 Å². The molecule has 0 aromatic carbocycles. The predicted molar refractivity (Wildman–Crippen MR) is 75.6 cm³/mol. The van der Waals surface area contributed by atoms with Crippen molar-refractivity contribution in [1.29, 1.82) is 0 Å². The maximum absolute atomic E-state index is 5.76. The Labute approximate surface area is 114 Å². The number of rotatable bonds is 4. The van der Waals surface area contributed by atoms with Crippen LogP contribution < -0.4 is 0 Å². The summed E-state index contributed by atoms with van der Waals surface area (Å²) in [5.74, 6) is 2.43. The fourth-order valence-corrected chi connectivity index (χ4v) is 2.14. The first-order valence-electron chi connectivity index (χ1n) is 6.47. The molecule has 2 rings (SSSR count). The van der Waals surface area contributed by atoms with Crippen LogP contribution in [0, 0.1) is 0 Å². The maximum Gasteiger partial charge on any atom is 0.239 e. The SMILES string of the molecule is C=CN=C1/C(=C\C)C2=C(OCCO2)N1CCN(C)C. The van der Waals surface area contributed by atoms with Crippen LogP contribution in [0.3, 0.4) is 0 Å². The molecule has 2 heterocycles. The molecule has 0 saturated heterocycles. The van der Waals surface area contributed by atoms with E-state index < -0.39 is 0 Å². The van der Waals surface area contributed by atoms with Crippen molar-refractivity contribution in [2.75, 3.05) is 40.4 Å². The van der Waals surface area contributed by atoms with Gasteiger partial charge in [-0.25, -0.2) is 4.99 Å². The molecule has 0 aliphatic carbocycles. The van der Waals surface area contributed by atoms with E-state index in [1.54, 1.807) is 6.20 Å². The average molecular weight is 263 g/mol. The first-order valence-corrected chi connectivity index (χ1v) is 6.47. The lowest BCUT2D eigenvalue weighted by atomic mass is 10.2. The molecule has 0 N–H and O–H groups in total. The number of hydrogen-bond donors (Lipinski definition) is 0. The van der Waals surface area contributed by atoms with Gasteiger partial charge < -0.3 is 14.4 Å². The zero-order valence-corrected chi connectivity index (χ0v) is 11.8. The van der Waals surface area contributed by atoms with E-state index in [0.717, 1.165) is 36.1 Å². The molecule has 0 spiro atoms. The summed E-state index contributed by atoms with van der Waals surface area (Å²) in [6.45, 7) is 8.54. The zero-order valence-electron chi connectivity index (χ0n) is 11.8. The minimum absolute atomic E-state index is 0.579. The highest BCUT2D eigenvalue weighted by atomic mass is 16.6. The molecule has 19 heavy (non-hydrogen) atoms. The third-order valence-electron chi connectivity index (χ3n) is 3.02. The molecular weight excluding hydrogens is 242 g/mol. The molecule has 2 aliphatic rings. The Bertz CT molecular complexity index is 450. The van der Waals surface area contributed by atoms with Gasteiger partial charge in [0.1, 0.15) is 19.0 Å². The largest absolute Gasteiger partial charge is 0.484 e. The van der Waals surface area contributed by atoms with Crippen molar-refractivity contribution in [3.63, 3.8) is 0 Å². The van der Waals surface area contributed by atoms with Gasteiger partial charge in [-0.15, -0.1) is 0 Å². The Morgan fingerprint density at radius 3 is 2.74 bits per heavy atom. The van der Waals surface area contributed by atoms with Crippen molar-refractivity contribution in [2.45, 2.75) is 6.92 Å². The van der Waals surface area contributed by atoms with Crippen molar-refractivity contribution in [1.82, 2.24) is 9.80 Å². The molecule has 0 radical (unpaired) electrons. The normalized spacial score (nSPS) is 22.8. The van der Waals surface area contributed by atoms with Crippen molar-refractivity contribution < 1.29 is 9.47 Å². The van der Waals surface area contributed by atoms with E-state index in [1.807, 2.05) is 27.1 Å². The molecule has 0 bridgehead atoms. The fraction of sp³-hybridized carbons (Fsp3) is 0.500. The summed E-state index contributed by atoms with van der Waals surface area (Å²) in [5, 5.41) is 0. The first kappa shape index (κ1) is 13.7. The number of amidine groups is 1. The summed E-state index contributed by atoms with van der Waals surface area (Å²) < 4.78 is 11.5. The Morgan fingerprint density at radius 1 is 1.37 bits per heavy atom. The molecule has 0 unspecified atom stereocenters. The second-order valence-corrected chi connectivity index (χ2v) is 4.62. The highest BCUT2D eigenvalue weighted by Crippen LogP contribution is 2.33. The van der Waals surface area contributed by atoms with Crippen molar-refractivity contribution >= 4 is 5.84 Å². The summed E-state index contributed by atoms with van der Waals surface area (Å²) in [6.07, 6.45) is 3.56. The number of hydrogen-bond acceptors (Lipinski definition) is 4. The summed E-state index contributed by atoms with van der Waals surface area (Å²) in [7, 11) is 4.09. The molecule has 0 amide bonds. The summed E-state index contributed by atoms with van der Waals surface area (Å²) in [5.41, 5.74) is 0.980. The second kappa shape index (κ2) is 5.93. The van der Waals surface area contributed by atoms with Gasteiger partial charge in [0, 0.05) is 19.3 Å². The Hall–Kier alpha value is -1.75. The van der Waals surface area contributed by atoms with Crippen LogP contribution in [0.4, 0.5) is 0 Å². The van der Waals surface area contributed by atoms with E-state index in [0.29, 0.717) is 13.2 Å². The Morgan fingerprint density at radius 2 is 2.11 bits per heavy atom. The van der Waals surface area contributed by atoms with Gasteiger partial charge in [0.05, 0.1) is 5.57 Å². The van der Waals surface area contributed by atoms with Crippen LogP contribution in [0.15, 0.2) is 41.1 Å². The molecular formula is C14H21N3O2. The number of likely N-dealkylation sites (N-methyl/N-ethyl adjacent to an activating group) is 1. The summed E-state index contributed by atoms with van der Waals surface area (Å²) >= 11 is 0. The van der Waals surface area contributed by atoms with Crippen molar-refractivity contribution in [2.24, 2.45) is 4.99 Å². The van der Waals surface area contributed by atoms with E-state index in [4.69, 9.17) is 9.47 Å². The van der Waals surface area contributed by atoms with Gasteiger partial charge in [-0.3, -0.25) is 4.90 Å². The van der Waals surface area contributed by atoms with Gasteiger partial charge in [-0.2, -0.15) is 0 Å². The molecule has 104 valence electrons. The third kappa shape index (κ3) is 2.66. The maximum atomic E-state index is 5.76. The van der Waals surface area contributed by atoms with Crippen LogP contribution in [-0.2, 0) is 9.47 Å². The van der Waals surface area contributed by atoms with Gasteiger partial charge in [0.2, 0.25) is 5.88 Å². The first-order chi connectivity index (χ1) is 9.19. The van der Waals surface area contributed by atoms with E-state index in [1.165, 1.54) is 0 Å². The lowest BCUT2D eigenvalue weighted by Gasteiger charge is -2.25. The van der Waals surface area contributed by atoms with Crippen LogP contribution in [-0.4, -0.2) is 56.0 Å². The molecule has 0 fully saturated rings. The standard InChI is InChI=1S/C14H21N3O2/c1-5-11-12-14(19-10-9-18-12)17(8-7-16(3)4)13(11)15-6-2/h5-6H,2,7-10H2,1,3-4H3/b11-5-,15-13?. The summed E-state index contributed by atoms with van der Waals surface area (Å²) in [6, 6.07) is 0. The number of nitrogens with zero attached hydrogens (tertiary/aromatic N) is 3. The van der Waals surface area contributed by atoms with Crippen molar-refractivity contribution in [3.8, 4) is 0 Å². The minimum Gasteiger partial charge on any atom is -0.484 e. The molecule has 5 nitrogen and oxygen atoms in total.